The third kappa shape index (κ3) is 4.49. The molecule has 0 aliphatic carbocycles. The molecule has 0 bridgehead atoms. The van der Waals surface area contributed by atoms with Crippen LogP contribution in [0.5, 0.6) is 23.0 Å². The van der Waals surface area contributed by atoms with E-state index in [1.165, 1.54) is 5.56 Å². The molecule has 0 amide bonds. The van der Waals surface area contributed by atoms with Crippen LogP contribution in [0.15, 0.2) is 36.4 Å². The molecule has 4 rings (SSSR count). The number of piperazine rings is 1. The van der Waals surface area contributed by atoms with Gasteiger partial charge in [-0.1, -0.05) is 6.07 Å². The van der Waals surface area contributed by atoms with Crippen LogP contribution >= 0.6 is 12.2 Å². The van der Waals surface area contributed by atoms with Crippen LogP contribution in [0.1, 0.15) is 5.56 Å². The normalized spacial score (nSPS) is 15.9. The van der Waals surface area contributed by atoms with Crippen LogP contribution in [0.4, 0.5) is 5.69 Å². The fourth-order valence-electron chi connectivity index (χ4n) is 3.52. The van der Waals surface area contributed by atoms with E-state index in [4.69, 9.17) is 31.2 Å². The minimum absolute atomic E-state index is 0.308. The summed E-state index contributed by atoms with van der Waals surface area (Å²) >= 11 is 5.61. The van der Waals surface area contributed by atoms with Gasteiger partial charge in [-0.2, -0.15) is 0 Å². The number of fused-ring (bicyclic) bond motifs is 1. The van der Waals surface area contributed by atoms with Crippen LogP contribution in [-0.4, -0.2) is 62.1 Å². The molecule has 2 aromatic rings. The monoisotopic (exact) mass is 415 g/mol. The van der Waals surface area contributed by atoms with E-state index >= 15 is 0 Å². The fraction of sp³-hybridized carbons (Fsp3) is 0.381. The second kappa shape index (κ2) is 8.75. The molecule has 8 heteroatoms. The number of ether oxygens (including phenoxy) is 4. The SMILES string of the molecule is COc1ccc(NC(=S)N2CCN(Cc3ccc4c(c3)OCO4)CC2)cc1OC. The van der Waals surface area contributed by atoms with Crippen molar-refractivity contribution in [1.82, 2.24) is 9.80 Å². The number of hydrogen-bond acceptors (Lipinski definition) is 6. The molecule has 154 valence electrons. The van der Waals surface area contributed by atoms with Crippen molar-refractivity contribution in [3.8, 4) is 23.0 Å². The molecule has 2 aliphatic rings. The van der Waals surface area contributed by atoms with Gasteiger partial charge in [0, 0.05) is 44.5 Å². The number of anilines is 1. The zero-order valence-electron chi connectivity index (χ0n) is 16.6. The maximum Gasteiger partial charge on any atom is 0.231 e. The molecular weight excluding hydrogens is 390 g/mol. The third-order valence-corrected chi connectivity index (χ3v) is 5.50. The van der Waals surface area contributed by atoms with Gasteiger partial charge < -0.3 is 29.2 Å². The number of nitrogens with one attached hydrogen (secondary N) is 1. The van der Waals surface area contributed by atoms with E-state index in [0.717, 1.165) is 55.0 Å². The van der Waals surface area contributed by atoms with Gasteiger partial charge in [0.25, 0.3) is 0 Å². The summed E-state index contributed by atoms with van der Waals surface area (Å²) in [6.45, 7) is 4.85. The van der Waals surface area contributed by atoms with Gasteiger partial charge in [0.2, 0.25) is 6.79 Å². The van der Waals surface area contributed by atoms with Crippen molar-refractivity contribution < 1.29 is 18.9 Å². The van der Waals surface area contributed by atoms with Crippen molar-refractivity contribution in [2.75, 3.05) is 52.5 Å². The van der Waals surface area contributed by atoms with Gasteiger partial charge in [0.05, 0.1) is 14.2 Å². The highest BCUT2D eigenvalue weighted by atomic mass is 32.1. The second-order valence-corrected chi connectivity index (χ2v) is 7.34. The molecule has 1 N–H and O–H groups in total. The van der Waals surface area contributed by atoms with E-state index in [0.29, 0.717) is 18.3 Å². The number of hydrogen-bond donors (Lipinski definition) is 1. The number of methoxy groups -OCH3 is 2. The lowest BCUT2D eigenvalue weighted by atomic mass is 10.1. The lowest BCUT2D eigenvalue weighted by Crippen LogP contribution is -2.49. The summed E-state index contributed by atoms with van der Waals surface area (Å²) in [5, 5.41) is 4.03. The Morgan fingerprint density at radius 3 is 2.48 bits per heavy atom. The largest absolute Gasteiger partial charge is 0.493 e. The molecule has 0 spiro atoms. The molecular formula is C21H25N3O4S. The van der Waals surface area contributed by atoms with E-state index in [-0.39, 0.29) is 0 Å². The van der Waals surface area contributed by atoms with E-state index < -0.39 is 0 Å². The topological polar surface area (TPSA) is 55.4 Å². The number of benzene rings is 2. The number of rotatable bonds is 5. The first-order chi connectivity index (χ1) is 14.2. The molecule has 0 aromatic heterocycles. The quantitative estimate of drug-likeness (QED) is 0.749. The molecule has 0 radical (unpaired) electrons. The molecule has 29 heavy (non-hydrogen) atoms. The molecule has 0 unspecified atom stereocenters. The third-order valence-electron chi connectivity index (χ3n) is 5.14. The van der Waals surface area contributed by atoms with Gasteiger partial charge in [0.15, 0.2) is 28.1 Å². The van der Waals surface area contributed by atoms with Crippen LogP contribution in [-0.2, 0) is 6.54 Å². The highest BCUT2D eigenvalue weighted by Crippen LogP contribution is 2.33. The van der Waals surface area contributed by atoms with Gasteiger partial charge in [-0.05, 0) is 42.0 Å². The molecule has 1 saturated heterocycles. The lowest BCUT2D eigenvalue weighted by molar-refractivity contribution is 0.173. The van der Waals surface area contributed by atoms with E-state index in [1.54, 1.807) is 14.2 Å². The van der Waals surface area contributed by atoms with Crippen LogP contribution in [0.2, 0.25) is 0 Å². The average molecular weight is 416 g/mol. The van der Waals surface area contributed by atoms with Crippen molar-refractivity contribution in [1.29, 1.82) is 0 Å². The predicted octanol–water partition coefficient (Wildman–Crippen LogP) is 2.95. The Labute approximate surface area is 176 Å². The Kier molecular flexibility index (Phi) is 5.92. The summed E-state index contributed by atoms with van der Waals surface area (Å²) in [5.74, 6) is 3.03. The Hall–Kier alpha value is -2.71. The molecule has 0 atom stereocenters. The van der Waals surface area contributed by atoms with E-state index in [1.807, 2.05) is 24.3 Å². The molecule has 7 nitrogen and oxygen atoms in total. The predicted molar refractivity (Wildman–Crippen MR) is 115 cm³/mol. The van der Waals surface area contributed by atoms with Gasteiger partial charge in [-0.3, -0.25) is 4.90 Å². The fourth-order valence-corrected chi connectivity index (χ4v) is 3.82. The Morgan fingerprint density at radius 2 is 1.72 bits per heavy atom. The van der Waals surface area contributed by atoms with Gasteiger partial charge in [0.1, 0.15) is 0 Å². The average Bonchev–Trinajstić information content (AvgIpc) is 3.22. The van der Waals surface area contributed by atoms with Gasteiger partial charge >= 0.3 is 0 Å². The first kappa shape index (κ1) is 19.6. The zero-order valence-corrected chi connectivity index (χ0v) is 17.5. The minimum atomic E-state index is 0.308. The maximum absolute atomic E-state index is 5.61. The first-order valence-electron chi connectivity index (χ1n) is 9.55. The lowest BCUT2D eigenvalue weighted by Gasteiger charge is -2.36. The molecule has 1 fully saturated rings. The van der Waals surface area contributed by atoms with Crippen molar-refractivity contribution in [3.05, 3.63) is 42.0 Å². The molecule has 2 heterocycles. The van der Waals surface area contributed by atoms with Gasteiger partial charge in [-0.25, -0.2) is 0 Å². The van der Waals surface area contributed by atoms with E-state index in [9.17, 15) is 0 Å². The van der Waals surface area contributed by atoms with Crippen molar-refractivity contribution >= 4 is 23.0 Å². The van der Waals surface area contributed by atoms with Crippen LogP contribution < -0.4 is 24.3 Å². The van der Waals surface area contributed by atoms with Crippen LogP contribution in [0, 0.1) is 0 Å². The smallest absolute Gasteiger partial charge is 0.231 e. The maximum atomic E-state index is 5.61. The van der Waals surface area contributed by atoms with Crippen molar-refractivity contribution in [3.63, 3.8) is 0 Å². The second-order valence-electron chi connectivity index (χ2n) is 6.95. The highest BCUT2D eigenvalue weighted by Gasteiger charge is 2.20. The summed E-state index contributed by atoms with van der Waals surface area (Å²) in [7, 11) is 3.25. The summed E-state index contributed by atoms with van der Waals surface area (Å²) in [6, 6.07) is 11.8. The zero-order chi connectivity index (χ0) is 20.2. The van der Waals surface area contributed by atoms with Crippen LogP contribution in [0.3, 0.4) is 0 Å². The Balaban J connectivity index is 1.29. The van der Waals surface area contributed by atoms with E-state index in [2.05, 4.69) is 27.2 Å². The molecule has 2 aliphatic heterocycles. The number of thiocarbonyl (C=S) groups is 1. The van der Waals surface area contributed by atoms with Crippen molar-refractivity contribution in [2.45, 2.75) is 6.54 Å². The summed E-state index contributed by atoms with van der Waals surface area (Å²) in [5.41, 5.74) is 2.11. The summed E-state index contributed by atoms with van der Waals surface area (Å²) in [6.07, 6.45) is 0. The standard InChI is InChI=1S/C21H25N3O4S/c1-25-17-6-4-16(12-19(17)26-2)22-21(29)24-9-7-23(8-10-24)13-15-3-5-18-20(11-15)28-14-27-18/h3-6,11-12H,7-10,13-14H2,1-2H3,(H,22,29). The molecule has 2 aromatic carbocycles. The van der Waals surface area contributed by atoms with Crippen molar-refractivity contribution in [2.24, 2.45) is 0 Å². The summed E-state index contributed by atoms with van der Waals surface area (Å²) < 4.78 is 21.5. The van der Waals surface area contributed by atoms with Crippen LogP contribution in [0.25, 0.3) is 0 Å². The molecule has 0 saturated carbocycles. The first-order valence-corrected chi connectivity index (χ1v) is 9.96. The minimum Gasteiger partial charge on any atom is -0.493 e. The summed E-state index contributed by atoms with van der Waals surface area (Å²) in [4.78, 5) is 4.62. The Bertz CT molecular complexity index is 884. The number of nitrogens with zero attached hydrogens (tertiary/aromatic N) is 2. The Morgan fingerprint density at radius 1 is 0.966 bits per heavy atom. The van der Waals surface area contributed by atoms with Gasteiger partial charge in [-0.15, -0.1) is 0 Å². The highest BCUT2D eigenvalue weighted by molar-refractivity contribution is 7.80.